The Morgan fingerprint density at radius 2 is 1.90 bits per heavy atom. The van der Waals surface area contributed by atoms with Crippen LogP contribution in [-0.4, -0.2) is 31.6 Å². The molecule has 1 heterocycles. The van der Waals surface area contributed by atoms with Gasteiger partial charge in [-0.15, -0.1) is 0 Å². The van der Waals surface area contributed by atoms with Gasteiger partial charge in [0.25, 0.3) is 0 Å². The van der Waals surface area contributed by atoms with Crippen LogP contribution in [0.15, 0.2) is 23.1 Å². The monoisotopic (exact) mass is 295 g/mol. The number of hydrogen-bond donors (Lipinski definition) is 2. The molecule has 0 radical (unpaired) electrons. The minimum Gasteiger partial charge on any atom is -0.387 e. The molecule has 1 aliphatic rings. The molecular formula is C14H21N3O2S. The lowest BCUT2D eigenvalue weighted by atomic mass is 9.97. The zero-order valence-electron chi connectivity index (χ0n) is 11.9. The zero-order valence-corrected chi connectivity index (χ0v) is 12.7. The van der Waals surface area contributed by atoms with Crippen molar-refractivity contribution < 1.29 is 8.42 Å². The van der Waals surface area contributed by atoms with E-state index in [1.807, 2.05) is 26.0 Å². The maximum atomic E-state index is 12.6. The van der Waals surface area contributed by atoms with E-state index < -0.39 is 10.0 Å². The summed E-state index contributed by atoms with van der Waals surface area (Å²) in [6.45, 7) is 4.63. The highest BCUT2D eigenvalue weighted by Gasteiger charge is 2.31. The molecule has 0 aliphatic carbocycles. The van der Waals surface area contributed by atoms with Crippen LogP contribution >= 0.6 is 0 Å². The molecular weight excluding hydrogens is 274 g/mol. The third-order valence-corrected chi connectivity index (χ3v) is 5.90. The second-order valence-corrected chi connectivity index (χ2v) is 7.31. The Labute approximate surface area is 120 Å². The number of nitrogens with two attached hydrogens (primary N) is 1. The highest BCUT2D eigenvalue weighted by atomic mass is 32.2. The Hall–Kier alpha value is -1.40. The SMILES string of the molecule is Cc1ccc(S(=O)(=O)N2CCC(C(=N)N)CC2)c(C)c1. The van der Waals surface area contributed by atoms with Crippen LogP contribution < -0.4 is 5.73 Å². The molecule has 0 atom stereocenters. The van der Waals surface area contributed by atoms with Crippen LogP contribution in [0.5, 0.6) is 0 Å². The van der Waals surface area contributed by atoms with Crippen molar-refractivity contribution in [2.75, 3.05) is 13.1 Å². The molecule has 2 rings (SSSR count). The third-order valence-electron chi connectivity index (χ3n) is 3.84. The van der Waals surface area contributed by atoms with Crippen molar-refractivity contribution in [1.82, 2.24) is 4.31 Å². The lowest BCUT2D eigenvalue weighted by Gasteiger charge is -2.31. The molecule has 1 aromatic carbocycles. The first kappa shape index (κ1) is 15.0. The van der Waals surface area contributed by atoms with E-state index in [1.165, 1.54) is 4.31 Å². The van der Waals surface area contributed by atoms with Crippen molar-refractivity contribution in [1.29, 1.82) is 5.41 Å². The summed E-state index contributed by atoms with van der Waals surface area (Å²) in [6.07, 6.45) is 1.25. The molecule has 0 spiro atoms. The van der Waals surface area contributed by atoms with E-state index in [9.17, 15) is 8.42 Å². The molecule has 0 bridgehead atoms. The molecule has 6 heteroatoms. The van der Waals surface area contributed by atoms with Gasteiger partial charge in [0.1, 0.15) is 0 Å². The van der Waals surface area contributed by atoms with E-state index in [2.05, 4.69) is 0 Å². The molecule has 0 unspecified atom stereocenters. The highest BCUT2D eigenvalue weighted by Crippen LogP contribution is 2.26. The molecule has 0 saturated carbocycles. The summed E-state index contributed by atoms with van der Waals surface area (Å²) in [5, 5.41) is 7.44. The average Bonchev–Trinajstić information content (AvgIpc) is 2.38. The molecule has 0 aromatic heterocycles. The highest BCUT2D eigenvalue weighted by molar-refractivity contribution is 7.89. The smallest absolute Gasteiger partial charge is 0.243 e. The van der Waals surface area contributed by atoms with Gasteiger partial charge in [0, 0.05) is 19.0 Å². The van der Waals surface area contributed by atoms with Crippen LogP contribution in [0.25, 0.3) is 0 Å². The van der Waals surface area contributed by atoms with Gasteiger partial charge in [-0.2, -0.15) is 4.31 Å². The minimum absolute atomic E-state index is 0.0144. The Kier molecular flexibility index (Phi) is 4.15. The first-order valence-corrected chi connectivity index (χ1v) is 8.17. The summed E-state index contributed by atoms with van der Waals surface area (Å²) in [5.41, 5.74) is 7.32. The van der Waals surface area contributed by atoms with Crippen LogP contribution in [0.2, 0.25) is 0 Å². The van der Waals surface area contributed by atoms with Gasteiger partial charge in [0.2, 0.25) is 10.0 Å². The minimum atomic E-state index is -3.44. The zero-order chi connectivity index (χ0) is 14.9. The van der Waals surface area contributed by atoms with E-state index in [0.29, 0.717) is 30.8 Å². The second-order valence-electron chi connectivity index (χ2n) is 5.40. The van der Waals surface area contributed by atoms with Crippen molar-refractivity contribution in [3.05, 3.63) is 29.3 Å². The lowest BCUT2D eigenvalue weighted by molar-refractivity contribution is 0.314. The fourth-order valence-corrected chi connectivity index (χ4v) is 4.31. The first-order valence-electron chi connectivity index (χ1n) is 6.73. The fraction of sp³-hybridized carbons (Fsp3) is 0.500. The van der Waals surface area contributed by atoms with E-state index in [0.717, 1.165) is 11.1 Å². The second kappa shape index (κ2) is 5.54. The Morgan fingerprint density at radius 3 is 2.40 bits per heavy atom. The molecule has 1 fully saturated rings. The molecule has 3 N–H and O–H groups in total. The number of nitrogens with zero attached hydrogens (tertiary/aromatic N) is 1. The van der Waals surface area contributed by atoms with E-state index >= 15 is 0 Å². The summed E-state index contributed by atoms with van der Waals surface area (Å²) in [6, 6.07) is 5.38. The maximum Gasteiger partial charge on any atom is 0.243 e. The Morgan fingerprint density at radius 1 is 1.30 bits per heavy atom. The molecule has 1 aromatic rings. The molecule has 1 aliphatic heterocycles. The number of rotatable bonds is 3. The Balaban J connectivity index is 2.22. The van der Waals surface area contributed by atoms with Crippen molar-refractivity contribution in [2.45, 2.75) is 31.6 Å². The summed E-state index contributed by atoms with van der Waals surface area (Å²) < 4.78 is 26.8. The van der Waals surface area contributed by atoms with Crippen molar-refractivity contribution >= 4 is 15.9 Å². The van der Waals surface area contributed by atoms with Crippen LogP contribution in [-0.2, 0) is 10.0 Å². The maximum absolute atomic E-state index is 12.6. The summed E-state index contributed by atoms with van der Waals surface area (Å²) in [4.78, 5) is 0.379. The van der Waals surface area contributed by atoms with Gasteiger partial charge in [-0.3, -0.25) is 5.41 Å². The largest absolute Gasteiger partial charge is 0.387 e. The average molecular weight is 295 g/mol. The fourth-order valence-electron chi connectivity index (χ4n) is 2.63. The van der Waals surface area contributed by atoms with Gasteiger partial charge in [-0.25, -0.2) is 8.42 Å². The van der Waals surface area contributed by atoms with Crippen molar-refractivity contribution in [2.24, 2.45) is 11.7 Å². The first-order chi connectivity index (χ1) is 9.32. The van der Waals surface area contributed by atoms with Gasteiger partial charge in [0.15, 0.2) is 0 Å². The van der Waals surface area contributed by atoms with Gasteiger partial charge in [0.05, 0.1) is 10.7 Å². The molecule has 0 amide bonds. The van der Waals surface area contributed by atoms with Crippen LogP contribution in [0, 0.1) is 25.2 Å². The molecule has 1 saturated heterocycles. The van der Waals surface area contributed by atoms with E-state index in [-0.39, 0.29) is 11.8 Å². The predicted molar refractivity (Wildman–Crippen MR) is 79.3 cm³/mol. The summed E-state index contributed by atoms with van der Waals surface area (Å²) in [7, 11) is -3.44. The number of hydrogen-bond acceptors (Lipinski definition) is 3. The number of benzene rings is 1. The van der Waals surface area contributed by atoms with Gasteiger partial charge in [-0.05, 0) is 38.3 Å². The third kappa shape index (κ3) is 2.86. The van der Waals surface area contributed by atoms with E-state index in [4.69, 9.17) is 11.1 Å². The molecule has 20 heavy (non-hydrogen) atoms. The van der Waals surface area contributed by atoms with Crippen molar-refractivity contribution in [3.63, 3.8) is 0 Å². The van der Waals surface area contributed by atoms with Gasteiger partial charge < -0.3 is 5.73 Å². The van der Waals surface area contributed by atoms with E-state index in [1.54, 1.807) is 6.07 Å². The molecule has 5 nitrogen and oxygen atoms in total. The lowest BCUT2D eigenvalue weighted by Crippen LogP contribution is -2.41. The van der Waals surface area contributed by atoms with Gasteiger partial charge >= 0.3 is 0 Å². The topological polar surface area (TPSA) is 87.2 Å². The number of piperidine rings is 1. The van der Waals surface area contributed by atoms with Crippen LogP contribution in [0.1, 0.15) is 24.0 Å². The van der Waals surface area contributed by atoms with Gasteiger partial charge in [-0.1, -0.05) is 17.7 Å². The van der Waals surface area contributed by atoms with Crippen LogP contribution in [0.4, 0.5) is 0 Å². The normalized spacial score (nSPS) is 18.1. The Bertz CT molecular complexity index is 617. The molecule has 110 valence electrons. The predicted octanol–water partition coefficient (Wildman–Crippen LogP) is 1.64. The van der Waals surface area contributed by atoms with Crippen LogP contribution in [0.3, 0.4) is 0 Å². The number of nitrogens with one attached hydrogen (secondary N) is 1. The summed E-state index contributed by atoms with van der Waals surface area (Å²) >= 11 is 0. The standard InChI is InChI=1S/C14H21N3O2S/c1-10-3-4-13(11(2)9-10)20(18,19)17-7-5-12(6-8-17)14(15)16/h3-4,9,12H,5-8H2,1-2H3,(H3,15,16). The number of aryl methyl sites for hydroxylation is 2. The van der Waals surface area contributed by atoms with Crippen molar-refractivity contribution in [3.8, 4) is 0 Å². The number of sulfonamides is 1. The number of amidine groups is 1. The summed E-state index contributed by atoms with van der Waals surface area (Å²) in [5.74, 6) is 0.175. The quantitative estimate of drug-likeness (QED) is 0.656.